The van der Waals surface area contributed by atoms with Crippen molar-refractivity contribution in [3.05, 3.63) is 65.2 Å². The van der Waals surface area contributed by atoms with Gasteiger partial charge < -0.3 is 0 Å². The van der Waals surface area contributed by atoms with Gasteiger partial charge in [-0.15, -0.1) is 0 Å². The van der Waals surface area contributed by atoms with Gasteiger partial charge in [-0.2, -0.15) is 0 Å². The molecule has 1 heterocycles. The third kappa shape index (κ3) is 2.19. The Balaban J connectivity index is 2.09. The maximum atomic E-state index is 12.5. The van der Waals surface area contributed by atoms with Gasteiger partial charge in [0.15, 0.2) is 5.37 Å². The van der Waals surface area contributed by atoms with Crippen molar-refractivity contribution in [2.75, 3.05) is 0 Å². The fourth-order valence-corrected chi connectivity index (χ4v) is 3.63. The van der Waals surface area contributed by atoms with Crippen LogP contribution in [0.3, 0.4) is 0 Å². The van der Waals surface area contributed by atoms with E-state index >= 15 is 0 Å². The molecular formula is C15H13NO2S. The molecule has 0 amide bonds. The van der Waals surface area contributed by atoms with Crippen LogP contribution in [0.1, 0.15) is 6.42 Å². The van der Waals surface area contributed by atoms with Gasteiger partial charge in [0.1, 0.15) is 0 Å². The zero-order chi connectivity index (χ0) is 13.3. The van der Waals surface area contributed by atoms with Crippen molar-refractivity contribution in [3.8, 4) is 0 Å². The summed E-state index contributed by atoms with van der Waals surface area (Å²) in [4.78, 5) is 4.70. The van der Waals surface area contributed by atoms with Crippen molar-refractivity contribution in [2.24, 2.45) is 4.99 Å². The Hall–Kier alpha value is -1.94. The number of para-hydroxylation sites is 1. The molecular weight excluding hydrogens is 258 g/mol. The molecule has 1 aliphatic rings. The van der Waals surface area contributed by atoms with Crippen molar-refractivity contribution in [1.82, 2.24) is 0 Å². The van der Waals surface area contributed by atoms with Crippen LogP contribution in [0.25, 0.3) is 6.08 Å². The Bertz CT molecular complexity index is 811. The predicted molar refractivity (Wildman–Crippen MR) is 73.7 cm³/mol. The normalized spacial score (nSPS) is 18.0. The van der Waals surface area contributed by atoms with Gasteiger partial charge in [-0.05, 0) is 23.4 Å². The van der Waals surface area contributed by atoms with Crippen molar-refractivity contribution in [1.29, 1.82) is 0 Å². The van der Waals surface area contributed by atoms with Crippen LogP contribution in [0, 0.1) is 0 Å². The number of nitrogens with zero attached hydrogens (tertiary/aromatic N) is 1. The minimum atomic E-state index is -3.40. The first kappa shape index (κ1) is 12.1. The van der Waals surface area contributed by atoms with Crippen LogP contribution in [0.15, 0.2) is 64.5 Å². The SMILES string of the molecule is O=S(=O)(c1ccccc1)C1CC=c2ccccc2=N1. The van der Waals surface area contributed by atoms with E-state index in [4.69, 9.17) is 0 Å². The molecule has 0 fully saturated rings. The Labute approximate surface area is 111 Å². The summed E-state index contributed by atoms with van der Waals surface area (Å²) >= 11 is 0. The van der Waals surface area contributed by atoms with Crippen molar-refractivity contribution in [3.63, 3.8) is 0 Å². The Morgan fingerprint density at radius 2 is 1.63 bits per heavy atom. The number of hydrogen-bond donors (Lipinski definition) is 0. The van der Waals surface area contributed by atoms with Crippen molar-refractivity contribution >= 4 is 15.9 Å². The smallest absolute Gasteiger partial charge is 0.201 e. The topological polar surface area (TPSA) is 46.5 Å². The number of benzene rings is 2. The van der Waals surface area contributed by atoms with Gasteiger partial charge in [-0.1, -0.05) is 42.5 Å². The Morgan fingerprint density at radius 1 is 0.947 bits per heavy atom. The van der Waals surface area contributed by atoms with Gasteiger partial charge in [0, 0.05) is 6.42 Å². The quantitative estimate of drug-likeness (QED) is 0.826. The molecule has 0 bridgehead atoms. The number of rotatable bonds is 2. The van der Waals surface area contributed by atoms with Crippen LogP contribution in [0.5, 0.6) is 0 Å². The fraction of sp³-hybridized carbons (Fsp3) is 0.133. The summed E-state index contributed by atoms with van der Waals surface area (Å²) in [5, 5.41) is 1.03. The monoisotopic (exact) mass is 271 g/mol. The second-order valence-electron chi connectivity index (χ2n) is 4.44. The molecule has 0 N–H and O–H groups in total. The third-order valence-corrected chi connectivity index (χ3v) is 5.13. The molecule has 2 aromatic carbocycles. The second-order valence-corrected chi connectivity index (χ2v) is 6.55. The first-order chi connectivity index (χ1) is 9.18. The summed E-state index contributed by atoms with van der Waals surface area (Å²) in [6.07, 6.45) is 2.36. The van der Waals surface area contributed by atoms with Crippen LogP contribution in [-0.2, 0) is 9.84 Å². The van der Waals surface area contributed by atoms with Crippen LogP contribution in [0.4, 0.5) is 0 Å². The van der Waals surface area contributed by atoms with Crippen LogP contribution in [0.2, 0.25) is 0 Å². The first-order valence-corrected chi connectivity index (χ1v) is 7.64. The molecule has 0 saturated carbocycles. The van der Waals surface area contributed by atoms with Crippen LogP contribution >= 0.6 is 0 Å². The minimum absolute atomic E-state index is 0.330. The van der Waals surface area contributed by atoms with Gasteiger partial charge in [-0.25, -0.2) is 8.42 Å². The Morgan fingerprint density at radius 3 is 2.42 bits per heavy atom. The lowest BCUT2D eigenvalue weighted by Gasteiger charge is -2.14. The molecule has 3 rings (SSSR count). The zero-order valence-electron chi connectivity index (χ0n) is 10.2. The highest BCUT2D eigenvalue weighted by Gasteiger charge is 2.26. The van der Waals surface area contributed by atoms with Gasteiger partial charge in [0.25, 0.3) is 0 Å². The average molecular weight is 271 g/mol. The lowest BCUT2D eigenvalue weighted by atomic mass is 10.2. The average Bonchev–Trinajstić information content (AvgIpc) is 2.47. The highest BCUT2D eigenvalue weighted by Crippen LogP contribution is 2.19. The van der Waals surface area contributed by atoms with Gasteiger partial charge >= 0.3 is 0 Å². The molecule has 3 nitrogen and oxygen atoms in total. The van der Waals surface area contributed by atoms with Crippen LogP contribution < -0.4 is 10.6 Å². The van der Waals surface area contributed by atoms with Gasteiger partial charge in [0.05, 0.1) is 10.3 Å². The molecule has 0 aliphatic carbocycles. The standard InChI is InChI=1S/C15H13NO2S/c17-19(18,13-7-2-1-3-8-13)15-11-10-12-6-4-5-9-14(12)16-15/h1-10,15H,11H2. The van der Waals surface area contributed by atoms with Crippen molar-refractivity contribution < 1.29 is 8.42 Å². The lowest BCUT2D eigenvalue weighted by Crippen LogP contribution is -2.34. The number of sulfone groups is 1. The predicted octanol–water partition coefficient (Wildman–Crippen LogP) is 1.29. The molecule has 4 heteroatoms. The molecule has 1 atom stereocenters. The van der Waals surface area contributed by atoms with E-state index < -0.39 is 15.2 Å². The van der Waals surface area contributed by atoms with E-state index in [1.807, 2.05) is 30.3 Å². The summed E-state index contributed by atoms with van der Waals surface area (Å²) in [5.41, 5.74) is 0. The maximum absolute atomic E-state index is 12.5. The third-order valence-electron chi connectivity index (χ3n) is 3.19. The maximum Gasteiger partial charge on any atom is 0.201 e. The molecule has 96 valence electrons. The Kier molecular flexibility index (Phi) is 2.95. The summed E-state index contributed by atoms with van der Waals surface area (Å²) in [6.45, 7) is 0. The summed E-state index contributed by atoms with van der Waals surface area (Å²) in [6, 6.07) is 16.1. The highest BCUT2D eigenvalue weighted by molar-refractivity contribution is 7.92. The molecule has 1 unspecified atom stereocenters. The van der Waals surface area contributed by atoms with E-state index in [1.54, 1.807) is 30.3 Å². The molecule has 1 aliphatic heterocycles. The van der Waals surface area contributed by atoms with E-state index in [0.29, 0.717) is 11.3 Å². The summed E-state index contributed by atoms with van der Waals surface area (Å²) < 4.78 is 25.0. The summed E-state index contributed by atoms with van der Waals surface area (Å²) in [5.74, 6) is 0. The molecule has 19 heavy (non-hydrogen) atoms. The lowest BCUT2D eigenvalue weighted by molar-refractivity contribution is 0.580. The number of fused-ring (bicyclic) bond motifs is 1. The largest absolute Gasteiger partial charge is 0.265 e. The molecule has 0 radical (unpaired) electrons. The molecule has 0 saturated heterocycles. The molecule has 0 aromatic heterocycles. The van der Waals surface area contributed by atoms with E-state index in [1.165, 1.54) is 0 Å². The van der Waals surface area contributed by atoms with E-state index in [0.717, 1.165) is 10.6 Å². The molecule has 0 spiro atoms. The highest BCUT2D eigenvalue weighted by atomic mass is 32.2. The minimum Gasteiger partial charge on any atom is -0.265 e. The van der Waals surface area contributed by atoms with Crippen molar-refractivity contribution in [2.45, 2.75) is 16.7 Å². The number of hydrogen-bond acceptors (Lipinski definition) is 3. The van der Waals surface area contributed by atoms with E-state index in [-0.39, 0.29) is 0 Å². The molecule has 2 aromatic rings. The van der Waals surface area contributed by atoms with Gasteiger partial charge in [0.2, 0.25) is 9.84 Å². The fourth-order valence-electron chi connectivity index (χ4n) is 2.18. The van der Waals surface area contributed by atoms with E-state index in [2.05, 4.69) is 4.99 Å². The van der Waals surface area contributed by atoms with E-state index in [9.17, 15) is 8.42 Å². The van der Waals surface area contributed by atoms with Gasteiger partial charge in [-0.3, -0.25) is 4.99 Å². The second kappa shape index (κ2) is 4.63. The summed E-state index contributed by atoms with van der Waals surface area (Å²) in [7, 11) is -3.40. The first-order valence-electron chi connectivity index (χ1n) is 6.10. The zero-order valence-corrected chi connectivity index (χ0v) is 11.0. The van der Waals surface area contributed by atoms with Crippen LogP contribution in [-0.4, -0.2) is 13.8 Å².